The first-order valence-corrected chi connectivity index (χ1v) is 24.5. The van der Waals surface area contributed by atoms with Crippen LogP contribution in [0.4, 0.5) is 11.4 Å². The van der Waals surface area contributed by atoms with Crippen molar-refractivity contribution in [3.63, 3.8) is 0 Å². The van der Waals surface area contributed by atoms with E-state index in [1.165, 1.54) is 0 Å². The average Bonchev–Trinajstić information content (AvgIpc) is 3.74. The van der Waals surface area contributed by atoms with Crippen molar-refractivity contribution in [2.24, 2.45) is 0 Å². The van der Waals surface area contributed by atoms with E-state index >= 15 is 0 Å². The Hall–Kier alpha value is -2.57. The number of nitrogens with one attached hydrogen (secondary N) is 3. The third-order valence-corrected chi connectivity index (χ3v) is 13.7. The smallest absolute Gasteiger partial charge is 0.224 e. The molecule has 3 saturated heterocycles. The average molecular weight is 997 g/mol. The minimum absolute atomic E-state index is 0.192. The molecule has 3 aliphatic rings. The summed E-state index contributed by atoms with van der Waals surface area (Å²) in [6, 6.07) is 4.48. The van der Waals surface area contributed by atoms with Gasteiger partial charge in [0.15, 0.2) is 18.7 Å². The lowest BCUT2D eigenvalue weighted by atomic mass is 9.95. The van der Waals surface area contributed by atoms with Crippen molar-refractivity contribution in [2.75, 3.05) is 36.1 Å². The Balaban J connectivity index is 1.42. The Bertz CT molecular complexity index is 1910. The number of aliphatic carboxylic acids is 1. The lowest BCUT2D eigenvalue weighted by Gasteiger charge is -2.48. The zero-order chi connectivity index (χ0) is 47.5. The Morgan fingerprint density at radius 1 is 0.906 bits per heavy atom. The fraction of sp³-hybridized carbons (Fsp3) is 0.735. The number of hydrogen-bond donors (Lipinski definition) is 10. The van der Waals surface area contributed by atoms with E-state index in [0.717, 1.165) is 38.4 Å². The van der Waals surface area contributed by atoms with E-state index in [9.17, 15) is 81.2 Å². The number of carbonyl (C=O) groups excluding carboxylic acids is 3. The van der Waals surface area contributed by atoms with Gasteiger partial charge in [0.05, 0.1) is 25.3 Å². The van der Waals surface area contributed by atoms with Crippen molar-refractivity contribution in [3.05, 3.63) is 24.3 Å². The zero-order valence-corrected chi connectivity index (χ0v) is 36.9. The minimum atomic E-state index is -5.81. The second-order valence-corrected chi connectivity index (χ2v) is 19.6. The summed E-state index contributed by atoms with van der Waals surface area (Å²) in [6.07, 6.45) is -25.4. The number of hydrogen-bond acceptors (Lipinski definition) is 26. The van der Waals surface area contributed by atoms with Gasteiger partial charge in [-0.2, -0.15) is 0 Å². The molecular formula is C34H50N3O23S4-3. The van der Waals surface area contributed by atoms with Crippen molar-refractivity contribution < 1.29 is 108 Å². The summed E-state index contributed by atoms with van der Waals surface area (Å²) >= 11 is 0. The lowest BCUT2D eigenvalue weighted by Crippen LogP contribution is -2.69. The number of benzene rings is 1. The molecule has 0 spiro atoms. The largest absolute Gasteiger partial charge is 0.726 e. The van der Waals surface area contributed by atoms with Gasteiger partial charge in [-0.05, 0) is 37.5 Å². The van der Waals surface area contributed by atoms with Crippen LogP contribution >= 0.6 is 21.6 Å². The van der Waals surface area contributed by atoms with E-state index < -0.39 is 138 Å². The maximum Gasteiger partial charge on any atom is 0.224 e. The Kier molecular flexibility index (Phi) is 20.6. The van der Waals surface area contributed by atoms with Crippen molar-refractivity contribution in [1.29, 1.82) is 0 Å². The van der Waals surface area contributed by atoms with Gasteiger partial charge in [-0.15, -0.1) is 0 Å². The van der Waals surface area contributed by atoms with Gasteiger partial charge in [0.2, 0.25) is 32.6 Å². The molecule has 10 N–H and O–H groups in total. The summed E-state index contributed by atoms with van der Waals surface area (Å²) in [5.41, 5.74) is 0.838. The number of carbonyl (C=O) groups is 3. The first-order valence-electron chi connectivity index (χ1n) is 19.4. The first kappa shape index (κ1) is 54.0. The molecule has 26 nitrogen and oxygen atoms in total. The highest BCUT2D eigenvalue weighted by Crippen LogP contribution is 2.40. The maximum absolute atomic E-state index is 12.5. The monoisotopic (exact) mass is 996 g/mol. The first-order chi connectivity index (χ1) is 29.9. The molecule has 0 aromatic heterocycles. The Morgan fingerprint density at radius 2 is 1.59 bits per heavy atom. The van der Waals surface area contributed by atoms with Crippen LogP contribution in [0.3, 0.4) is 0 Å². The molecule has 1 aromatic carbocycles. The Morgan fingerprint density at radius 3 is 2.22 bits per heavy atom. The van der Waals surface area contributed by atoms with Crippen LogP contribution < -0.4 is 21.1 Å². The van der Waals surface area contributed by atoms with Gasteiger partial charge >= 0.3 is 0 Å². The predicted octanol–water partition coefficient (Wildman–Crippen LogP) is -5.29. The topological polar surface area (TPSA) is 422 Å². The summed E-state index contributed by atoms with van der Waals surface area (Å²) in [6.45, 7) is -1.92. The summed E-state index contributed by atoms with van der Waals surface area (Å²) in [4.78, 5) is 36.5. The number of carboxylic acid groups (broad SMARTS) is 1. The van der Waals surface area contributed by atoms with Crippen LogP contribution in [0.25, 0.3) is 0 Å². The summed E-state index contributed by atoms with van der Waals surface area (Å²) in [5, 5.41) is 94.9. The molecule has 64 heavy (non-hydrogen) atoms. The van der Waals surface area contributed by atoms with Crippen LogP contribution in [0.2, 0.25) is 0 Å². The summed E-state index contributed by atoms with van der Waals surface area (Å²) < 4.78 is 98.3. The van der Waals surface area contributed by atoms with Gasteiger partial charge in [0.25, 0.3) is 0 Å². The van der Waals surface area contributed by atoms with E-state index in [2.05, 4.69) is 24.3 Å². The van der Waals surface area contributed by atoms with Crippen LogP contribution in [0.5, 0.6) is 0 Å². The van der Waals surface area contributed by atoms with Gasteiger partial charge < -0.3 is 89.7 Å². The number of aliphatic hydroxyl groups is 7. The fourth-order valence-electron chi connectivity index (χ4n) is 6.67. The van der Waals surface area contributed by atoms with Crippen LogP contribution in [0.1, 0.15) is 39.0 Å². The van der Waals surface area contributed by atoms with Gasteiger partial charge in [0, 0.05) is 42.3 Å². The van der Waals surface area contributed by atoms with Crippen molar-refractivity contribution in [1.82, 2.24) is 5.32 Å². The fourth-order valence-corrected chi connectivity index (χ4v) is 10.5. The SMILES string of the molecule is CC(=O)N[C@H]1[C@@H](OC[C@@H](O)[C@@H](O)[C@H](O)[C@@H](O)CNc2cccc(NC(=O)CCCCC3CCSS3)c2)O[C@H](COS(=O)(=O)[O-])[C@H](O)[C@@H]1O[C@@H]1O[C@H](C(=O)[O-])[C@@H](O)[C@H](O)[C@H]1OS(=O)(=O)[O-]. The van der Waals surface area contributed by atoms with E-state index in [4.69, 9.17) is 18.9 Å². The molecule has 2 amide bonds. The highest BCUT2D eigenvalue weighted by atomic mass is 33.1. The quantitative estimate of drug-likeness (QED) is 0.0200. The van der Waals surface area contributed by atoms with E-state index in [-0.39, 0.29) is 5.91 Å². The highest BCUT2D eigenvalue weighted by Gasteiger charge is 2.53. The molecule has 0 aliphatic carbocycles. The normalized spacial score (nSPS) is 30.8. The lowest BCUT2D eigenvalue weighted by molar-refractivity contribution is -0.363. The molecule has 3 aliphatic heterocycles. The molecule has 1 unspecified atom stereocenters. The van der Waals surface area contributed by atoms with Crippen LogP contribution in [0.15, 0.2) is 24.3 Å². The number of ether oxygens (including phenoxy) is 4. The van der Waals surface area contributed by atoms with Crippen molar-refractivity contribution >= 4 is 71.5 Å². The van der Waals surface area contributed by atoms with Crippen LogP contribution in [-0.4, -0.2) is 196 Å². The maximum atomic E-state index is 12.5. The summed E-state index contributed by atoms with van der Waals surface area (Å²) in [7, 11) is -7.59. The molecule has 0 saturated carbocycles. The number of carboxylic acids is 1. The van der Waals surface area contributed by atoms with Crippen molar-refractivity contribution in [3.8, 4) is 0 Å². The van der Waals surface area contributed by atoms with E-state index in [1.807, 2.05) is 21.6 Å². The number of rotatable bonds is 24. The molecule has 0 radical (unpaired) electrons. The molecule has 15 atom stereocenters. The van der Waals surface area contributed by atoms with E-state index in [1.54, 1.807) is 24.3 Å². The second-order valence-electron chi connectivity index (χ2n) is 14.8. The van der Waals surface area contributed by atoms with Crippen LogP contribution in [-0.2, 0) is 62.5 Å². The standard InChI is InChI=1S/C34H53N3O23S4/c1-15(38)36-23-29(58-34-31(60-64(52,53)54)28(46)27(45)30(59-34)32(47)48)26(44)21(14-56-63(49,50)51)57-33(23)55-13-20(40)25(43)24(42)19(39)12-35-16-5-4-6-17(11-16)37-22(41)8-3-2-7-18-9-10-61-62-18/h4-6,11,18-21,23-31,33-35,39-40,42-46H,2-3,7-10,12-14H2,1H3,(H,36,38)(H,37,41)(H,47,48)(H,49,50,51)(H,52,53,54)/p-3/t18?,19-,20+,21+,23+,24+,25+,26-,27-,28-,29+,30-,31+,33-,34+/m0/s1. The van der Waals surface area contributed by atoms with Gasteiger partial charge in [-0.25, -0.2) is 16.8 Å². The number of unbranched alkanes of at least 4 members (excludes halogenated alkanes) is 1. The van der Waals surface area contributed by atoms with Crippen LogP contribution in [0, 0.1) is 0 Å². The Labute approximate surface area is 374 Å². The van der Waals surface area contributed by atoms with Gasteiger partial charge in [-0.3, -0.25) is 18.0 Å². The molecule has 3 heterocycles. The number of amides is 2. The number of anilines is 2. The molecule has 30 heteroatoms. The number of aliphatic hydroxyl groups excluding tert-OH is 7. The predicted molar refractivity (Wildman–Crippen MR) is 214 cm³/mol. The molecule has 3 fully saturated rings. The van der Waals surface area contributed by atoms with Gasteiger partial charge in [-0.1, -0.05) is 34.1 Å². The molecule has 4 rings (SSSR count). The van der Waals surface area contributed by atoms with E-state index in [0.29, 0.717) is 23.0 Å². The third kappa shape index (κ3) is 16.6. The zero-order valence-electron chi connectivity index (χ0n) is 33.6. The molecule has 0 bridgehead atoms. The molecular weight excluding hydrogens is 947 g/mol. The third-order valence-electron chi connectivity index (χ3n) is 9.86. The minimum Gasteiger partial charge on any atom is -0.726 e. The molecule has 1 aromatic rings. The van der Waals surface area contributed by atoms with Gasteiger partial charge in [0.1, 0.15) is 61.0 Å². The summed E-state index contributed by atoms with van der Waals surface area (Å²) in [5.74, 6) is -2.23. The highest BCUT2D eigenvalue weighted by molar-refractivity contribution is 8.77. The molecule has 366 valence electrons. The van der Waals surface area contributed by atoms with Crippen molar-refractivity contribution in [2.45, 2.75) is 130 Å². The second kappa shape index (κ2) is 24.5.